The molecule has 5 nitrogen and oxygen atoms in total. The Kier molecular flexibility index (Phi) is 4.21. The van der Waals surface area contributed by atoms with Crippen molar-refractivity contribution < 1.29 is 5.11 Å². The summed E-state index contributed by atoms with van der Waals surface area (Å²) in [5, 5.41) is 26.5. The fraction of sp³-hybridized carbons (Fsp3) is 0.308. The molecule has 0 bridgehead atoms. The van der Waals surface area contributed by atoms with E-state index in [4.69, 9.17) is 5.41 Å². The van der Waals surface area contributed by atoms with Crippen LogP contribution in [0.15, 0.2) is 34.5 Å². The summed E-state index contributed by atoms with van der Waals surface area (Å²) in [6.45, 7) is 4.62. The molecule has 0 fully saturated rings. The molecule has 0 aliphatic rings. The average Bonchev–Trinajstić information content (AvgIpc) is 2.69. The molecule has 2 rings (SSSR count). The molecule has 2 N–H and O–H groups in total. The van der Waals surface area contributed by atoms with Gasteiger partial charge in [0.05, 0.1) is 5.52 Å². The minimum absolute atomic E-state index is 0.121. The third kappa shape index (κ3) is 2.63. The lowest BCUT2D eigenvalue weighted by atomic mass is 10.2. The van der Waals surface area contributed by atoms with Gasteiger partial charge in [0.25, 0.3) is 0 Å². The molecule has 0 unspecified atom stereocenters. The first-order valence-electron chi connectivity index (χ1n) is 6.12. The highest BCUT2D eigenvalue weighted by Gasteiger charge is 2.14. The van der Waals surface area contributed by atoms with Gasteiger partial charge >= 0.3 is 0 Å². The maximum absolute atomic E-state index is 10.2. The van der Waals surface area contributed by atoms with Crippen molar-refractivity contribution in [3.63, 3.8) is 0 Å². The maximum Gasteiger partial charge on any atom is 0.201 e. The largest absolute Gasteiger partial charge is 0.504 e. The van der Waals surface area contributed by atoms with Crippen LogP contribution < -0.4 is 0 Å². The molecule has 1 aromatic carbocycles. The molecular weight excluding hydrogens is 260 g/mol. The van der Waals surface area contributed by atoms with E-state index in [0.29, 0.717) is 12.4 Å². The van der Waals surface area contributed by atoms with E-state index in [2.05, 4.69) is 10.2 Å². The number of aryl methyl sites for hydroxylation is 1. The Balaban J connectivity index is 2.48. The van der Waals surface area contributed by atoms with Gasteiger partial charge in [0.1, 0.15) is 0 Å². The van der Waals surface area contributed by atoms with Crippen LogP contribution in [0.3, 0.4) is 0 Å². The zero-order chi connectivity index (χ0) is 13.8. The predicted octanol–water partition coefficient (Wildman–Crippen LogP) is 4.14. The molecule has 19 heavy (non-hydrogen) atoms. The molecule has 0 aliphatic heterocycles. The second-order valence-electron chi connectivity index (χ2n) is 3.87. The van der Waals surface area contributed by atoms with Crippen molar-refractivity contribution in [2.45, 2.75) is 20.4 Å². The van der Waals surface area contributed by atoms with E-state index in [1.165, 1.54) is 11.8 Å². The molecule has 0 radical (unpaired) electrons. The molecule has 1 heterocycles. The van der Waals surface area contributed by atoms with Crippen molar-refractivity contribution in [3.8, 4) is 5.75 Å². The Morgan fingerprint density at radius 3 is 2.79 bits per heavy atom. The summed E-state index contributed by atoms with van der Waals surface area (Å²) in [6.07, 6.45) is 0. The van der Waals surface area contributed by atoms with E-state index in [1.807, 2.05) is 42.7 Å². The smallest absolute Gasteiger partial charge is 0.201 e. The number of benzene rings is 1. The van der Waals surface area contributed by atoms with Crippen LogP contribution in [0.2, 0.25) is 0 Å². The van der Waals surface area contributed by atoms with Gasteiger partial charge in [0, 0.05) is 11.9 Å². The monoisotopic (exact) mass is 276 g/mol. The zero-order valence-corrected chi connectivity index (χ0v) is 11.7. The van der Waals surface area contributed by atoms with Crippen LogP contribution in [0.1, 0.15) is 13.8 Å². The number of fused-ring (bicyclic) bond motifs is 1. The minimum atomic E-state index is 0.121. The first-order chi connectivity index (χ1) is 9.19. The number of aromatic hydroxyl groups is 1. The van der Waals surface area contributed by atoms with E-state index in [0.717, 1.165) is 16.7 Å². The Morgan fingerprint density at radius 1 is 1.37 bits per heavy atom. The molecule has 0 aliphatic carbocycles. The Labute approximate surface area is 115 Å². The van der Waals surface area contributed by atoms with Crippen LogP contribution in [-0.2, 0) is 6.54 Å². The predicted molar refractivity (Wildman–Crippen MR) is 79.7 cm³/mol. The van der Waals surface area contributed by atoms with Crippen molar-refractivity contribution >= 4 is 33.7 Å². The number of para-hydroxylation sites is 1. The van der Waals surface area contributed by atoms with Gasteiger partial charge in [-0.2, -0.15) is 0 Å². The van der Waals surface area contributed by atoms with Gasteiger partial charge in [-0.1, -0.05) is 30.8 Å². The number of rotatable bonds is 3. The van der Waals surface area contributed by atoms with Gasteiger partial charge in [0.2, 0.25) is 5.17 Å². The highest BCUT2D eigenvalue weighted by molar-refractivity contribution is 8.13. The molecule has 0 atom stereocenters. The van der Waals surface area contributed by atoms with Crippen LogP contribution in [-0.4, -0.2) is 20.6 Å². The third-order valence-corrected chi connectivity index (χ3v) is 3.39. The molecular formula is C13H16N4OS. The lowest BCUT2D eigenvalue weighted by Crippen LogP contribution is -1.92. The van der Waals surface area contributed by atoms with Crippen molar-refractivity contribution in [1.82, 2.24) is 4.57 Å². The standard InChI is InChI=1S/C13H16N4OS/c1-3-17-10-8-6-5-7-9(10)11(18)12(17)15-16-13(14)19-4-2/h5-8,14,18H,3-4H2,1-2H3. The quantitative estimate of drug-likeness (QED) is 0.502. The van der Waals surface area contributed by atoms with Gasteiger partial charge in [-0.05, 0) is 24.8 Å². The van der Waals surface area contributed by atoms with E-state index in [1.54, 1.807) is 0 Å². The number of thioether (sulfide) groups is 1. The first kappa shape index (κ1) is 13.6. The number of nitrogens with one attached hydrogen (secondary N) is 1. The molecule has 100 valence electrons. The molecule has 0 spiro atoms. The molecule has 2 aromatic rings. The summed E-state index contributed by atoms with van der Waals surface area (Å²) < 4.78 is 1.89. The van der Waals surface area contributed by atoms with Crippen LogP contribution in [0.5, 0.6) is 5.75 Å². The number of hydrogen-bond acceptors (Lipinski definition) is 4. The average molecular weight is 276 g/mol. The lowest BCUT2D eigenvalue weighted by Gasteiger charge is -2.02. The van der Waals surface area contributed by atoms with Crippen molar-refractivity contribution in [3.05, 3.63) is 24.3 Å². The third-order valence-electron chi connectivity index (χ3n) is 2.75. The summed E-state index contributed by atoms with van der Waals surface area (Å²) in [7, 11) is 0. The lowest BCUT2D eigenvalue weighted by molar-refractivity contribution is 0.480. The Morgan fingerprint density at radius 2 is 2.11 bits per heavy atom. The first-order valence-corrected chi connectivity index (χ1v) is 7.10. The number of azo groups is 1. The normalized spacial score (nSPS) is 11.5. The minimum Gasteiger partial charge on any atom is -0.504 e. The Bertz CT molecular complexity index is 633. The second kappa shape index (κ2) is 5.88. The number of aromatic nitrogens is 1. The summed E-state index contributed by atoms with van der Waals surface area (Å²) in [4.78, 5) is 0. The Hall–Kier alpha value is -1.82. The van der Waals surface area contributed by atoms with Crippen molar-refractivity contribution in [2.75, 3.05) is 5.75 Å². The summed E-state index contributed by atoms with van der Waals surface area (Å²) >= 11 is 1.31. The van der Waals surface area contributed by atoms with Gasteiger partial charge in [-0.25, -0.2) is 0 Å². The topological polar surface area (TPSA) is 73.7 Å². The molecule has 1 aromatic heterocycles. The van der Waals surface area contributed by atoms with Gasteiger partial charge in [-0.15, -0.1) is 10.2 Å². The number of nitrogens with zero attached hydrogens (tertiary/aromatic N) is 3. The van der Waals surface area contributed by atoms with Gasteiger partial charge < -0.3 is 9.67 Å². The van der Waals surface area contributed by atoms with Crippen molar-refractivity contribution in [1.29, 1.82) is 5.41 Å². The fourth-order valence-electron chi connectivity index (χ4n) is 1.95. The summed E-state index contributed by atoms with van der Waals surface area (Å²) in [5.74, 6) is 1.31. The van der Waals surface area contributed by atoms with E-state index in [9.17, 15) is 5.11 Å². The zero-order valence-electron chi connectivity index (χ0n) is 10.9. The maximum atomic E-state index is 10.2. The number of amidine groups is 1. The number of hydrogen-bond donors (Lipinski definition) is 2. The SMILES string of the molecule is CCSC(=N)N=Nc1c(O)c2ccccc2n1CC. The van der Waals surface area contributed by atoms with Crippen molar-refractivity contribution in [2.24, 2.45) is 10.2 Å². The molecule has 0 amide bonds. The summed E-state index contributed by atoms with van der Waals surface area (Å²) in [6, 6.07) is 7.58. The van der Waals surface area contributed by atoms with Crippen LogP contribution in [0.4, 0.5) is 5.82 Å². The second-order valence-corrected chi connectivity index (χ2v) is 5.12. The summed E-state index contributed by atoms with van der Waals surface area (Å²) in [5.41, 5.74) is 0.922. The van der Waals surface area contributed by atoms with Gasteiger partial charge in [-0.3, -0.25) is 5.41 Å². The van der Waals surface area contributed by atoms with Crippen LogP contribution in [0.25, 0.3) is 10.9 Å². The molecule has 0 saturated carbocycles. The van der Waals surface area contributed by atoms with E-state index >= 15 is 0 Å². The molecule has 0 saturated heterocycles. The highest BCUT2D eigenvalue weighted by Crippen LogP contribution is 2.38. The van der Waals surface area contributed by atoms with E-state index < -0.39 is 0 Å². The van der Waals surface area contributed by atoms with Crippen LogP contribution >= 0.6 is 11.8 Å². The van der Waals surface area contributed by atoms with Crippen LogP contribution in [0, 0.1) is 5.41 Å². The molecule has 6 heteroatoms. The highest BCUT2D eigenvalue weighted by atomic mass is 32.2. The fourth-order valence-corrected chi connectivity index (χ4v) is 2.32. The van der Waals surface area contributed by atoms with E-state index in [-0.39, 0.29) is 10.9 Å². The van der Waals surface area contributed by atoms with Gasteiger partial charge in [0.15, 0.2) is 11.6 Å².